The fourth-order valence-corrected chi connectivity index (χ4v) is 2.74. The van der Waals surface area contributed by atoms with Gasteiger partial charge in [-0.3, -0.25) is 19.3 Å². The number of nitrogens with zero attached hydrogens (tertiary/aromatic N) is 3. The van der Waals surface area contributed by atoms with Crippen molar-refractivity contribution < 1.29 is 14.3 Å². The number of carbonyl (C=O) groups excluding carboxylic acids is 1. The van der Waals surface area contributed by atoms with Gasteiger partial charge in [0.25, 0.3) is 5.91 Å². The monoisotopic (exact) mass is 315 g/mol. The zero-order chi connectivity index (χ0) is 16.9. The number of aryl methyl sites for hydroxylation is 1. The maximum atomic E-state index is 14.4. The van der Waals surface area contributed by atoms with Crippen molar-refractivity contribution in [3.63, 3.8) is 0 Å². The van der Waals surface area contributed by atoms with Gasteiger partial charge in [-0.2, -0.15) is 0 Å². The number of aromatic hydroxyl groups is 1. The predicted molar refractivity (Wildman–Crippen MR) is 82.9 cm³/mol. The molecule has 0 unspecified atom stereocenters. The third-order valence-electron chi connectivity index (χ3n) is 3.80. The van der Waals surface area contributed by atoms with Gasteiger partial charge in [-0.25, -0.2) is 4.39 Å². The summed E-state index contributed by atoms with van der Waals surface area (Å²) < 4.78 is 15.7. The van der Waals surface area contributed by atoms with Crippen LogP contribution in [0.1, 0.15) is 21.6 Å². The number of rotatable bonds is 2. The number of hydrogen-bond acceptors (Lipinski definition) is 5. The molecule has 0 radical (unpaired) electrons. The lowest BCUT2D eigenvalue weighted by atomic mass is 10.1. The number of hydrogen-bond donors (Lipinski definition) is 3. The van der Waals surface area contributed by atoms with Crippen molar-refractivity contribution in [2.75, 3.05) is 5.73 Å². The van der Waals surface area contributed by atoms with E-state index in [9.17, 15) is 14.3 Å². The molecule has 118 valence electrons. The molecule has 0 saturated heterocycles. The number of fused-ring (bicyclic) bond motifs is 1. The second kappa shape index (κ2) is 4.94. The molecule has 0 aliphatic heterocycles. The van der Waals surface area contributed by atoms with E-state index >= 15 is 0 Å². The van der Waals surface area contributed by atoms with Crippen molar-refractivity contribution in [2.24, 2.45) is 5.73 Å². The zero-order valence-corrected chi connectivity index (χ0v) is 12.5. The van der Waals surface area contributed by atoms with E-state index in [0.717, 1.165) is 6.20 Å². The number of halogens is 1. The molecule has 3 aromatic heterocycles. The topological polar surface area (TPSA) is 120 Å². The second-order valence-corrected chi connectivity index (χ2v) is 5.18. The average Bonchev–Trinajstić information content (AvgIpc) is 2.78. The van der Waals surface area contributed by atoms with Gasteiger partial charge in [-0.15, -0.1) is 0 Å². The first kappa shape index (κ1) is 14.8. The Kier molecular flexibility index (Phi) is 3.17. The summed E-state index contributed by atoms with van der Waals surface area (Å²) in [6, 6.07) is 0. The molecule has 3 rings (SSSR count). The maximum Gasteiger partial charge on any atom is 0.253 e. The molecule has 5 N–H and O–H groups in total. The molecule has 8 heteroatoms. The first-order valence-corrected chi connectivity index (χ1v) is 6.73. The summed E-state index contributed by atoms with van der Waals surface area (Å²) in [5.74, 6) is -1.55. The van der Waals surface area contributed by atoms with Crippen LogP contribution in [0, 0.1) is 19.7 Å². The van der Waals surface area contributed by atoms with Gasteiger partial charge in [0, 0.05) is 17.1 Å². The molecule has 0 spiro atoms. The summed E-state index contributed by atoms with van der Waals surface area (Å²) >= 11 is 0. The molecule has 0 bridgehead atoms. The minimum absolute atomic E-state index is 0.0193. The highest BCUT2D eigenvalue weighted by Crippen LogP contribution is 2.36. The second-order valence-electron chi connectivity index (χ2n) is 5.18. The zero-order valence-electron chi connectivity index (χ0n) is 12.5. The van der Waals surface area contributed by atoms with Crippen molar-refractivity contribution >= 4 is 22.6 Å². The maximum absolute atomic E-state index is 14.4. The van der Waals surface area contributed by atoms with Crippen LogP contribution in [0.5, 0.6) is 5.75 Å². The number of anilines is 1. The molecule has 3 aromatic rings. The quantitative estimate of drug-likeness (QED) is 0.663. The van der Waals surface area contributed by atoms with Crippen molar-refractivity contribution in [2.45, 2.75) is 13.8 Å². The van der Waals surface area contributed by atoms with E-state index in [4.69, 9.17) is 11.5 Å². The number of carbonyl (C=O) groups is 1. The molecule has 0 aliphatic rings. The summed E-state index contributed by atoms with van der Waals surface area (Å²) in [5.41, 5.74) is 12.8. The Labute approximate surface area is 130 Å². The standard InChI is InChI=1S/C15H14FN5O2/c1-6-10(22)5-20-7(2)12(6)21-13-8(3-19-4-9(13)16)11(14(21)17)15(18)23/h3-5,22H,17H2,1-2H3,(H2,18,23). The van der Waals surface area contributed by atoms with Crippen LogP contribution in [0.15, 0.2) is 18.6 Å². The first-order valence-electron chi connectivity index (χ1n) is 6.73. The van der Waals surface area contributed by atoms with Crippen LogP contribution in [0.3, 0.4) is 0 Å². The van der Waals surface area contributed by atoms with Gasteiger partial charge in [0.05, 0.1) is 34.9 Å². The Hall–Kier alpha value is -3.16. The Morgan fingerprint density at radius 3 is 2.65 bits per heavy atom. The summed E-state index contributed by atoms with van der Waals surface area (Å²) in [5, 5.41) is 10.1. The highest BCUT2D eigenvalue weighted by atomic mass is 19.1. The number of nitrogens with two attached hydrogens (primary N) is 2. The lowest BCUT2D eigenvalue weighted by Crippen LogP contribution is -2.14. The summed E-state index contributed by atoms with van der Waals surface area (Å²) in [4.78, 5) is 19.6. The molecule has 0 aliphatic carbocycles. The van der Waals surface area contributed by atoms with E-state index in [0.29, 0.717) is 16.9 Å². The molecule has 1 amide bonds. The van der Waals surface area contributed by atoms with Gasteiger partial charge in [0.1, 0.15) is 11.6 Å². The van der Waals surface area contributed by atoms with E-state index in [-0.39, 0.29) is 28.0 Å². The highest BCUT2D eigenvalue weighted by Gasteiger charge is 2.25. The molecule has 0 fully saturated rings. The largest absolute Gasteiger partial charge is 0.506 e. The summed E-state index contributed by atoms with van der Waals surface area (Å²) in [6.07, 6.45) is 3.64. The van der Waals surface area contributed by atoms with Gasteiger partial charge in [-0.05, 0) is 13.8 Å². The average molecular weight is 315 g/mol. The molecule has 0 atom stereocenters. The minimum Gasteiger partial charge on any atom is -0.506 e. The van der Waals surface area contributed by atoms with Gasteiger partial charge in [-0.1, -0.05) is 0 Å². The Balaban J connectivity index is 2.56. The molecular weight excluding hydrogens is 301 g/mol. The molecule has 7 nitrogen and oxygen atoms in total. The summed E-state index contributed by atoms with van der Waals surface area (Å²) in [7, 11) is 0. The number of pyridine rings is 2. The smallest absolute Gasteiger partial charge is 0.253 e. The van der Waals surface area contributed by atoms with Crippen molar-refractivity contribution in [1.82, 2.24) is 14.5 Å². The van der Waals surface area contributed by atoms with E-state index in [1.165, 1.54) is 17.0 Å². The fraction of sp³-hybridized carbons (Fsp3) is 0.133. The molecular formula is C15H14FN5O2. The lowest BCUT2D eigenvalue weighted by molar-refractivity contribution is 0.100. The molecule has 3 heterocycles. The number of nitrogen functional groups attached to an aromatic ring is 1. The van der Waals surface area contributed by atoms with E-state index in [1.54, 1.807) is 13.8 Å². The third kappa shape index (κ3) is 1.99. The van der Waals surface area contributed by atoms with E-state index in [2.05, 4.69) is 9.97 Å². The van der Waals surface area contributed by atoms with Crippen LogP contribution in [-0.2, 0) is 0 Å². The minimum atomic E-state index is -0.790. The predicted octanol–water partition coefficient (Wildman–Crippen LogP) is 1.56. The summed E-state index contributed by atoms with van der Waals surface area (Å²) in [6.45, 7) is 3.34. The van der Waals surface area contributed by atoms with Gasteiger partial charge >= 0.3 is 0 Å². The van der Waals surface area contributed by atoms with Crippen LogP contribution in [-0.4, -0.2) is 25.5 Å². The number of aromatic nitrogens is 3. The van der Waals surface area contributed by atoms with E-state index in [1.807, 2.05) is 0 Å². The lowest BCUT2D eigenvalue weighted by Gasteiger charge is -2.15. The van der Waals surface area contributed by atoms with Gasteiger partial charge in [0.2, 0.25) is 0 Å². The van der Waals surface area contributed by atoms with Crippen molar-refractivity contribution in [1.29, 1.82) is 0 Å². The Morgan fingerprint density at radius 2 is 2.00 bits per heavy atom. The normalized spacial score (nSPS) is 11.1. The fourth-order valence-electron chi connectivity index (χ4n) is 2.74. The van der Waals surface area contributed by atoms with E-state index < -0.39 is 11.7 Å². The SMILES string of the molecule is Cc1ncc(O)c(C)c1-n1c(N)c(C(N)=O)c2cncc(F)c21. The number of amides is 1. The van der Waals surface area contributed by atoms with Gasteiger partial charge < -0.3 is 16.6 Å². The van der Waals surface area contributed by atoms with Crippen LogP contribution in [0.4, 0.5) is 10.2 Å². The number of primary amides is 1. The molecule has 0 aromatic carbocycles. The van der Waals surface area contributed by atoms with Crippen LogP contribution >= 0.6 is 0 Å². The van der Waals surface area contributed by atoms with Crippen molar-refractivity contribution in [3.05, 3.63) is 41.2 Å². The van der Waals surface area contributed by atoms with Crippen molar-refractivity contribution in [3.8, 4) is 11.4 Å². The van der Waals surface area contributed by atoms with Crippen LogP contribution in [0.25, 0.3) is 16.6 Å². The molecule has 0 saturated carbocycles. The van der Waals surface area contributed by atoms with Crippen LogP contribution in [0.2, 0.25) is 0 Å². The van der Waals surface area contributed by atoms with Crippen LogP contribution < -0.4 is 11.5 Å². The highest BCUT2D eigenvalue weighted by molar-refractivity contribution is 6.11. The van der Waals surface area contributed by atoms with Gasteiger partial charge in [0.15, 0.2) is 5.82 Å². The first-order chi connectivity index (χ1) is 10.8. The molecule has 23 heavy (non-hydrogen) atoms. The third-order valence-corrected chi connectivity index (χ3v) is 3.80. The Morgan fingerprint density at radius 1 is 1.30 bits per heavy atom. The Bertz CT molecular complexity index is 964.